The van der Waals surface area contributed by atoms with E-state index in [-0.39, 0.29) is 11.4 Å². The van der Waals surface area contributed by atoms with Gasteiger partial charge in [-0.1, -0.05) is 40.0 Å². The molecule has 1 aliphatic rings. The van der Waals surface area contributed by atoms with Gasteiger partial charge in [-0.25, -0.2) is 4.79 Å². The topological polar surface area (TPSA) is 69.6 Å². The van der Waals surface area contributed by atoms with Crippen LogP contribution in [0.4, 0.5) is 4.79 Å². The lowest BCUT2D eigenvalue weighted by Crippen LogP contribution is -2.42. The Morgan fingerprint density at radius 1 is 1.35 bits per heavy atom. The molecule has 1 atom stereocenters. The second kappa shape index (κ2) is 7.50. The molecule has 2 amide bonds. The molecule has 1 saturated heterocycles. The monoisotopic (exact) mass is 284 g/mol. The van der Waals surface area contributed by atoms with Gasteiger partial charge in [-0.3, -0.25) is 4.79 Å². The summed E-state index contributed by atoms with van der Waals surface area (Å²) >= 11 is 0. The number of nitrogens with zero attached hydrogens (tertiary/aromatic N) is 1. The van der Waals surface area contributed by atoms with E-state index < -0.39 is 11.9 Å². The summed E-state index contributed by atoms with van der Waals surface area (Å²) in [5.74, 6) is -1.21. The summed E-state index contributed by atoms with van der Waals surface area (Å²) in [6, 6.07) is -0.127. The minimum atomic E-state index is -0.805. The van der Waals surface area contributed by atoms with Gasteiger partial charge in [-0.2, -0.15) is 0 Å². The average Bonchev–Trinajstić information content (AvgIpc) is 2.86. The lowest BCUT2D eigenvalue weighted by atomic mass is 9.87. The highest BCUT2D eigenvalue weighted by Crippen LogP contribution is 2.23. The molecule has 5 heteroatoms. The second-order valence-corrected chi connectivity index (χ2v) is 6.55. The van der Waals surface area contributed by atoms with Crippen LogP contribution in [0.25, 0.3) is 0 Å². The number of aliphatic carboxylic acids is 1. The number of hydrogen-bond acceptors (Lipinski definition) is 2. The van der Waals surface area contributed by atoms with Crippen molar-refractivity contribution in [2.75, 3.05) is 19.6 Å². The fourth-order valence-electron chi connectivity index (χ4n) is 2.51. The van der Waals surface area contributed by atoms with Gasteiger partial charge in [0, 0.05) is 19.6 Å². The van der Waals surface area contributed by atoms with Crippen LogP contribution in [-0.2, 0) is 4.79 Å². The van der Waals surface area contributed by atoms with Crippen molar-refractivity contribution in [1.29, 1.82) is 0 Å². The summed E-state index contributed by atoms with van der Waals surface area (Å²) < 4.78 is 0. The van der Waals surface area contributed by atoms with Gasteiger partial charge in [-0.15, -0.1) is 0 Å². The summed E-state index contributed by atoms with van der Waals surface area (Å²) in [4.78, 5) is 24.5. The van der Waals surface area contributed by atoms with Crippen LogP contribution in [0.3, 0.4) is 0 Å². The van der Waals surface area contributed by atoms with Crippen LogP contribution in [0, 0.1) is 11.3 Å². The number of rotatable bonds is 7. The van der Waals surface area contributed by atoms with Crippen molar-refractivity contribution >= 4 is 12.0 Å². The molecule has 5 nitrogen and oxygen atoms in total. The molecule has 0 aromatic carbocycles. The Hall–Kier alpha value is -1.26. The maximum Gasteiger partial charge on any atom is 0.317 e. The summed E-state index contributed by atoms with van der Waals surface area (Å²) in [5, 5.41) is 11.9. The minimum Gasteiger partial charge on any atom is -0.481 e. The zero-order valence-corrected chi connectivity index (χ0v) is 12.9. The highest BCUT2D eigenvalue weighted by atomic mass is 16.4. The molecule has 0 aromatic heterocycles. The Kier molecular flexibility index (Phi) is 6.30. The number of unbranched alkanes of at least 4 members (excludes halogenated alkanes) is 2. The summed E-state index contributed by atoms with van der Waals surface area (Å²) in [5.41, 5.74) is 0.0940. The van der Waals surface area contributed by atoms with E-state index in [1.807, 2.05) is 0 Å². The molecule has 0 aliphatic carbocycles. The number of amides is 2. The maximum atomic E-state index is 12.0. The Morgan fingerprint density at radius 3 is 2.60 bits per heavy atom. The van der Waals surface area contributed by atoms with Crippen molar-refractivity contribution < 1.29 is 14.7 Å². The summed E-state index contributed by atoms with van der Waals surface area (Å²) in [6.07, 6.45) is 5.27. The van der Waals surface area contributed by atoms with Crippen molar-refractivity contribution in [3.63, 3.8) is 0 Å². The Labute approximate surface area is 121 Å². The van der Waals surface area contributed by atoms with Gasteiger partial charge >= 0.3 is 12.0 Å². The highest BCUT2D eigenvalue weighted by molar-refractivity contribution is 5.77. The molecule has 0 spiro atoms. The quantitative estimate of drug-likeness (QED) is 0.706. The maximum absolute atomic E-state index is 12.0. The first-order chi connectivity index (χ1) is 9.35. The lowest BCUT2D eigenvalue weighted by Gasteiger charge is -2.26. The SMILES string of the molecule is CCCCCC(C)(C)CNC(=O)N1CCC(C(=O)O)C1. The molecule has 0 radical (unpaired) electrons. The number of carbonyl (C=O) groups excluding carboxylic acids is 1. The van der Waals surface area contributed by atoms with E-state index in [4.69, 9.17) is 5.11 Å². The van der Waals surface area contributed by atoms with Crippen molar-refractivity contribution in [2.45, 2.75) is 52.9 Å². The summed E-state index contributed by atoms with van der Waals surface area (Å²) in [6.45, 7) is 8.02. The molecular weight excluding hydrogens is 256 g/mol. The highest BCUT2D eigenvalue weighted by Gasteiger charge is 2.31. The smallest absolute Gasteiger partial charge is 0.317 e. The van der Waals surface area contributed by atoms with Crippen LogP contribution < -0.4 is 5.32 Å². The van der Waals surface area contributed by atoms with Gasteiger partial charge in [0.15, 0.2) is 0 Å². The molecule has 1 rings (SSSR count). The molecule has 1 heterocycles. The van der Waals surface area contributed by atoms with Crippen LogP contribution in [0.1, 0.15) is 52.9 Å². The van der Waals surface area contributed by atoms with E-state index >= 15 is 0 Å². The molecule has 0 bridgehead atoms. The predicted octanol–water partition coefficient (Wildman–Crippen LogP) is 2.71. The standard InChI is InChI=1S/C15H28N2O3/c1-4-5-6-8-15(2,3)11-16-14(20)17-9-7-12(10-17)13(18)19/h12H,4-11H2,1-3H3,(H,16,20)(H,18,19). The normalized spacial score (nSPS) is 19.1. The molecule has 0 saturated carbocycles. The number of hydrogen-bond donors (Lipinski definition) is 2. The molecule has 1 unspecified atom stereocenters. The van der Waals surface area contributed by atoms with Gasteiger partial charge in [0.1, 0.15) is 0 Å². The van der Waals surface area contributed by atoms with E-state index in [2.05, 4.69) is 26.1 Å². The fraction of sp³-hybridized carbons (Fsp3) is 0.867. The van der Waals surface area contributed by atoms with Crippen molar-refractivity contribution in [3.05, 3.63) is 0 Å². The average molecular weight is 284 g/mol. The van der Waals surface area contributed by atoms with Gasteiger partial charge in [-0.05, 0) is 18.3 Å². The second-order valence-electron chi connectivity index (χ2n) is 6.55. The van der Waals surface area contributed by atoms with E-state index in [9.17, 15) is 9.59 Å². The lowest BCUT2D eigenvalue weighted by molar-refractivity contribution is -0.141. The summed E-state index contributed by atoms with van der Waals surface area (Å²) in [7, 11) is 0. The Bertz CT molecular complexity index is 342. The van der Waals surface area contributed by atoms with E-state index in [0.29, 0.717) is 26.1 Å². The zero-order chi connectivity index (χ0) is 15.2. The number of carbonyl (C=O) groups is 2. The minimum absolute atomic E-state index is 0.0940. The van der Waals surface area contributed by atoms with Gasteiger partial charge in [0.2, 0.25) is 0 Å². The van der Waals surface area contributed by atoms with Gasteiger partial charge in [0.05, 0.1) is 5.92 Å². The molecule has 1 aliphatic heterocycles. The number of urea groups is 1. The molecule has 116 valence electrons. The molecule has 0 aromatic rings. The van der Waals surface area contributed by atoms with E-state index in [1.54, 1.807) is 4.90 Å². The molecule has 20 heavy (non-hydrogen) atoms. The fourth-order valence-corrected chi connectivity index (χ4v) is 2.51. The zero-order valence-electron chi connectivity index (χ0n) is 12.9. The van der Waals surface area contributed by atoms with E-state index in [1.165, 1.54) is 19.3 Å². The number of nitrogens with one attached hydrogen (secondary N) is 1. The van der Waals surface area contributed by atoms with E-state index in [0.717, 1.165) is 6.42 Å². The Morgan fingerprint density at radius 2 is 2.05 bits per heavy atom. The van der Waals surface area contributed by atoms with Crippen LogP contribution in [0.15, 0.2) is 0 Å². The first kappa shape index (κ1) is 16.8. The third-order valence-electron chi connectivity index (χ3n) is 4.00. The van der Waals surface area contributed by atoms with Crippen LogP contribution in [-0.4, -0.2) is 41.6 Å². The first-order valence-electron chi connectivity index (χ1n) is 7.61. The number of carboxylic acids is 1. The van der Waals surface area contributed by atoms with Gasteiger partial charge in [0.25, 0.3) is 0 Å². The van der Waals surface area contributed by atoms with Crippen molar-refractivity contribution in [1.82, 2.24) is 10.2 Å². The number of carboxylic acid groups (broad SMARTS) is 1. The van der Waals surface area contributed by atoms with Crippen LogP contribution in [0.5, 0.6) is 0 Å². The van der Waals surface area contributed by atoms with Crippen LogP contribution in [0.2, 0.25) is 0 Å². The molecule has 1 fully saturated rings. The third kappa shape index (κ3) is 5.39. The van der Waals surface area contributed by atoms with Gasteiger partial charge < -0.3 is 15.3 Å². The number of likely N-dealkylation sites (tertiary alicyclic amines) is 1. The molecular formula is C15H28N2O3. The third-order valence-corrected chi connectivity index (χ3v) is 4.00. The predicted molar refractivity (Wildman–Crippen MR) is 78.6 cm³/mol. The van der Waals surface area contributed by atoms with Crippen molar-refractivity contribution in [2.24, 2.45) is 11.3 Å². The molecule has 2 N–H and O–H groups in total. The van der Waals surface area contributed by atoms with Crippen molar-refractivity contribution in [3.8, 4) is 0 Å². The largest absolute Gasteiger partial charge is 0.481 e. The van der Waals surface area contributed by atoms with Crippen LogP contribution >= 0.6 is 0 Å². The Balaban J connectivity index is 2.30. The first-order valence-corrected chi connectivity index (χ1v) is 7.61.